The molecule has 0 aliphatic heterocycles. The third kappa shape index (κ3) is 2.51. The average Bonchev–Trinajstić information content (AvgIpc) is 2.17. The third-order valence-corrected chi connectivity index (χ3v) is 1.87. The van der Waals surface area contributed by atoms with Gasteiger partial charge in [0.15, 0.2) is 0 Å². The Labute approximate surface area is 79.0 Å². The van der Waals surface area contributed by atoms with Crippen LogP contribution in [0.4, 0.5) is 0 Å². The molecule has 0 aliphatic carbocycles. The highest BCUT2D eigenvalue weighted by Gasteiger charge is 2.17. The molecule has 0 aliphatic rings. The van der Waals surface area contributed by atoms with Crippen molar-refractivity contribution >= 4 is 11.6 Å². The fraction of sp³-hybridized carbons (Fsp3) is 0.429. The van der Waals surface area contributed by atoms with E-state index in [0.717, 1.165) is 0 Å². The van der Waals surface area contributed by atoms with Gasteiger partial charge in [0.25, 0.3) is 0 Å². The van der Waals surface area contributed by atoms with Crippen molar-refractivity contribution in [2.24, 2.45) is 0 Å². The molecule has 1 aromatic heterocycles. The van der Waals surface area contributed by atoms with E-state index in [9.17, 15) is 9.90 Å². The zero-order chi connectivity index (χ0) is 9.84. The van der Waals surface area contributed by atoms with E-state index in [4.69, 9.17) is 16.7 Å². The summed E-state index contributed by atoms with van der Waals surface area (Å²) in [6.45, 7) is 0. The van der Waals surface area contributed by atoms with E-state index in [1.807, 2.05) is 0 Å². The van der Waals surface area contributed by atoms with Gasteiger partial charge in [0, 0.05) is 18.0 Å². The number of hydrogen-bond donors (Lipinski definition) is 3. The summed E-state index contributed by atoms with van der Waals surface area (Å²) in [4.78, 5) is 16.2. The summed E-state index contributed by atoms with van der Waals surface area (Å²) < 4.78 is 0. The van der Waals surface area contributed by atoms with Crippen LogP contribution in [0.3, 0.4) is 0 Å². The van der Waals surface area contributed by atoms with E-state index < -0.39 is 17.9 Å². The van der Waals surface area contributed by atoms with Crippen LogP contribution >= 0.6 is 11.6 Å². The maximum atomic E-state index is 10.5. The summed E-state index contributed by atoms with van der Waals surface area (Å²) in [5, 5.41) is 18.5. The number of nitrogens with zero attached hydrogens (tertiary/aromatic N) is 1. The first-order valence-corrected chi connectivity index (χ1v) is 4.15. The summed E-state index contributed by atoms with van der Waals surface area (Å²) in [6, 6.07) is 0. The number of alkyl halides is 1. The predicted molar refractivity (Wildman–Crippen MR) is 46.5 cm³/mol. The van der Waals surface area contributed by atoms with Gasteiger partial charge in [0.2, 0.25) is 0 Å². The number of hydrogen-bond acceptors (Lipinski definition) is 4. The highest BCUT2D eigenvalue weighted by Crippen LogP contribution is 2.14. The minimum absolute atomic E-state index is 0.0830. The van der Waals surface area contributed by atoms with Gasteiger partial charge in [-0.25, -0.2) is 9.78 Å². The maximum absolute atomic E-state index is 10.5. The SMILES string of the molecule is O=c1ncc(C(O)C(O)CCl)c[nH]1. The Morgan fingerprint density at radius 1 is 1.62 bits per heavy atom. The molecule has 0 aromatic carbocycles. The highest BCUT2D eigenvalue weighted by molar-refractivity contribution is 6.18. The molecule has 0 saturated heterocycles. The van der Waals surface area contributed by atoms with Crippen LogP contribution in [0, 0.1) is 0 Å². The van der Waals surface area contributed by atoms with Crippen LogP contribution in [0.2, 0.25) is 0 Å². The van der Waals surface area contributed by atoms with Crippen molar-refractivity contribution < 1.29 is 10.2 Å². The van der Waals surface area contributed by atoms with Gasteiger partial charge >= 0.3 is 5.69 Å². The fourth-order valence-electron chi connectivity index (χ4n) is 0.821. The molecule has 5 nitrogen and oxygen atoms in total. The molecule has 1 rings (SSSR count). The van der Waals surface area contributed by atoms with Crippen LogP contribution < -0.4 is 5.69 Å². The summed E-state index contributed by atoms with van der Waals surface area (Å²) in [5.41, 5.74) is -0.177. The van der Waals surface area contributed by atoms with E-state index in [1.54, 1.807) is 0 Å². The quantitative estimate of drug-likeness (QED) is 0.574. The first-order chi connectivity index (χ1) is 6.15. The number of aliphatic hydroxyl groups excluding tert-OH is 2. The molecule has 0 saturated carbocycles. The van der Waals surface area contributed by atoms with Crippen LogP contribution in [-0.4, -0.2) is 32.2 Å². The van der Waals surface area contributed by atoms with Crippen LogP contribution in [0.25, 0.3) is 0 Å². The van der Waals surface area contributed by atoms with Gasteiger partial charge in [-0.2, -0.15) is 0 Å². The van der Waals surface area contributed by atoms with Crippen molar-refractivity contribution in [1.29, 1.82) is 0 Å². The number of aromatic amines is 1. The lowest BCUT2D eigenvalue weighted by atomic mass is 10.1. The zero-order valence-corrected chi connectivity index (χ0v) is 7.40. The Kier molecular flexibility index (Phi) is 3.41. The van der Waals surface area contributed by atoms with Crippen molar-refractivity contribution in [3.05, 3.63) is 28.4 Å². The molecule has 0 amide bonds. The molecule has 1 heterocycles. The van der Waals surface area contributed by atoms with Crippen LogP contribution in [0.15, 0.2) is 17.2 Å². The molecule has 1 aromatic rings. The molecule has 3 N–H and O–H groups in total. The topological polar surface area (TPSA) is 86.2 Å². The van der Waals surface area contributed by atoms with Crippen LogP contribution in [0.5, 0.6) is 0 Å². The number of halogens is 1. The minimum atomic E-state index is -1.12. The van der Waals surface area contributed by atoms with E-state index in [-0.39, 0.29) is 5.88 Å². The summed E-state index contributed by atoms with van der Waals surface area (Å²) >= 11 is 5.33. The lowest BCUT2D eigenvalue weighted by Crippen LogP contribution is -2.21. The number of aromatic nitrogens is 2. The van der Waals surface area contributed by atoms with Crippen molar-refractivity contribution in [2.75, 3.05) is 5.88 Å². The standard InChI is InChI=1S/C7H9ClN2O3/c8-1-5(11)6(12)4-2-9-7(13)10-3-4/h2-3,5-6,11-12H,1H2,(H,9,10,13). The maximum Gasteiger partial charge on any atom is 0.344 e. The van der Waals surface area contributed by atoms with Gasteiger partial charge in [-0.1, -0.05) is 0 Å². The molecule has 0 radical (unpaired) electrons. The molecule has 0 fully saturated rings. The second kappa shape index (κ2) is 4.36. The Bertz CT molecular complexity index is 307. The first-order valence-electron chi connectivity index (χ1n) is 3.62. The molecule has 6 heteroatoms. The van der Waals surface area contributed by atoms with Gasteiger partial charge in [0.1, 0.15) is 6.10 Å². The number of aliphatic hydroxyl groups is 2. The Morgan fingerprint density at radius 2 is 2.31 bits per heavy atom. The summed E-state index contributed by atoms with van der Waals surface area (Å²) in [6.07, 6.45) is 0.297. The molecule has 0 spiro atoms. The van der Waals surface area contributed by atoms with E-state index in [1.165, 1.54) is 12.4 Å². The van der Waals surface area contributed by atoms with Gasteiger partial charge in [-0.15, -0.1) is 11.6 Å². The Hall–Kier alpha value is -0.910. The van der Waals surface area contributed by atoms with E-state index in [2.05, 4.69) is 9.97 Å². The summed E-state index contributed by atoms with van der Waals surface area (Å²) in [5.74, 6) is -0.0830. The molecule has 72 valence electrons. The highest BCUT2D eigenvalue weighted by atomic mass is 35.5. The smallest absolute Gasteiger partial charge is 0.344 e. The first kappa shape index (κ1) is 10.2. The lowest BCUT2D eigenvalue weighted by molar-refractivity contribution is 0.0322. The van der Waals surface area contributed by atoms with Crippen LogP contribution in [-0.2, 0) is 0 Å². The molecule has 0 bridgehead atoms. The van der Waals surface area contributed by atoms with Gasteiger partial charge in [0.05, 0.1) is 12.0 Å². The number of nitrogens with one attached hydrogen (secondary N) is 1. The second-order valence-corrected chi connectivity index (χ2v) is 2.83. The normalized spacial score (nSPS) is 15.3. The number of rotatable bonds is 3. The zero-order valence-electron chi connectivity index (χ0n) is 6.64. The number of H-pyrrole nitrogens is 1. The molecule has 2 atom stereocenters. The van der Waals surface area contributed by atoms with Crippen LogP contribution in [0.1, 0.15) is 11.7 Å². The van der Waals surface area contributed by atoms with Crippen molar-refractivity contribution in [3.63, 3.8) is 0 Å². The molecule has 13 heavy (non-hydrogen) atoms. The average molecular weight is 205 g/mol. The van der Waals surface area contributed by atoms with E-state index in [0.29, 0.717) is 5.56 Å². The third-order valence-electron chi connectivity index (χ3n) is 1.56. The minimum Gasteiger partial charge on any atom is -0.389 e. The molecular formula is C7H9ClN2O3. The monoisotopic (exact) mass is 204 g/mol. The van der Waals surface area contributed by atoms with Crippen molar-refractivity contribution in [1.82, 2.24) is 9.97 Å². The summed E-state index contributed by atoms with van der Waals surface area (Å²) in [7, 11) is 0. The second-order valence-electron chi connectivity index (χ2n) is 2.52. The Balaban J connectivity index is 2.83. The fourth-order valence-corrected chi connectivity index (χ4v) is 0.990. The Morgan fingerprint density at radius 3 is 2.77 bits per heavy atom. The molecular weight excluding hydrogens is 196 g/mol. The van der Waals surface area contributed by atoms with Gasteiger partial charge in [-0.3, -0.25) is 0 Å². The molecule has 2 unspecified atom stereocenters. The largest absolute Gasteiger partial charge is 0.389 e. The predicted octanol–water partition coefficient (Wildman–Crippen LogP) is -0.597. The van der Waals surface area contributed by atoms with Crippen molar-refractivity contribution in [3.8, 4) is 0 Å². The van der Waals surface area contributed by atoms with Crippen molar-refractivity contribution in [2.45, 2.75) is 12.2 Å². The van der Waals surface area contributed by atoms with E-state index >= 15 is 0 Å². The lowest BCUT2D eigenvalue weighted by Gasteiger charge is -2.14. The van der Waals surface area contributed by atoms with Gasteiger partial charge < -0.3 is 15.2 Å². The van der Waals surface area contributed by atoms with Gasteiger partial charge in [-0.05, 0) is 0 Å².